The fraction of sp³-hybridized carbons (Fsp3) is 0.286. The largest absolute Gasteiger partial charge is 0.305 e. The van der Waals surface area contributed by atoms with E-state index in [4.69, 9.17) is 0 Å². The van der Waals surface area contributed by atoms with Crippen molar-refractivity contribution in [2.45, 2.75) is 19.4 Å². The number of aromatic nitrogens is 2. The first-order valence-corrected chi connectivity index (χ1v) is 6.16. The predicted molar refractivity (Wildman–Crippen MR) is 68.5 cm³/mol. The SMILES string of the molecule is CCCNC(c1cncc(F)c1)c1ncccc1F. The van der Waals surface area contributed by atoms with Crippen molar-refractivity contribution < 1.29 is 8.78 Å². The summed E-state index contributed by atoms with van der Waals surface area (Å²) in [5.74, 6) is -0.863. The van der Waals surface area contributed by atoms with Gasteiger partial charge in [0.2, 0.25) is 0 Å². The molecule has 0 saturated heterocycles. The van der Waals surface area contributed by atoms with Crippen LogP contribution in [0, 0.1) is 11.6 Å². The monoisotopic (exact) mass is 263 g/mol. The molecule has 0 saturated carbocycles. The van der Waals surface area contributed by atoms with Crippen LogP contribution in [0.4, 0.5) is 8.78 Å². The van der Waals surface area contributed by atoms with E-state index in [1.54, 1.807) is 0 Å². The van der Waals surface area contributed by atoms with Crippen molar-refractivity contribution in [1.29, 1.82) is 0 Å². The summed E-state index contributed by atoms with van der Waals surface area (Å²) in [5.41, 5.74) is 0.814. The van der Waals surface area contributed by atoms with Gasteiger partial charge in [0, 0.05) is 12.4 Å². The molecule has 1 unspecified atom stereocenters. The molecule has 2 aromatic heterocycles. The Kier molecular flexibility index (Phi) is 4.52. The number of nitrogens with one attached hydrogen (secondary N) is 1. The van der Waals surface area contributed by atoms with E-state index in [1.165, 1.54) is 30.6 Å². The van der Waals surface area contributed by atoms with Gasteiger partial charge in [0.15, 0.2) is 0 Å². The molecule has 1 N–H and O–H groups in total. The third kappa shape index (κ3) is 3.32. The zero-order chi connectivity index (χ0) is 13.7. The van der Waals surface area contributed by atoms with Gasteiger partial charge in [-0.15, -0.1) is 0 Å². The zero-order valence-electron chi connectivity index (χ0n) is 10.6. The Morgan fingerprint density at radius 2 is 2.16 bits per heavy atom. The number of nitrogens with zero attached hydrogens (tertiary/aromatic N) is 2. The van der Waals surface area contributed by atoms with Crippen molar-refractivity contribution >= 4 is 0 Å². The Labute approximate surface area is 110 Å². The minimum Gasteiger partial charge on any atom is -0.305 e. The lowest BCUT2D eigenvalue weighted by atomic mass is 10.0. The maximum atomic E-state index is 13.8. The normalized spacial score (nSPS) is 12.4. The molecule has 1 atom stereocenters. The lowest BCUT2D eigenvalue weighted by Gasteiger charge is -2.18. The number of hydrogen-bond donors (Lipinski definition) is 1. The van der Waals surface area contributed by atoms with Crippen LogP contribution in [0.15, 0.2) is 36.8 Å². The van der Waals surface area contributed by atoms with Crippen molar-refractivity contribution in [3.63, 3.8) is 0 Å². The van der Waals surface area contributed by atoms with Crippen LogP contribution in [0.1, 0.15) is 30.6 Å². The van der Waals surface area contributed by atoms with Crippen molar-refractivity contribution in [3.8, 4) is 0 Å². The van der Waals surface area contributed by atoms with Crippen LogP contribution in [0.5, 0.6) is 0 Å². The second-order valence-electron chi connectivity index (χ2n) is 4.19. The van der Waals surface area contributed by atoms with Gasteiger partial charge in [0.05, 0.1) is 17.9 Å². The van der Waals surface area contributed by atoms with E-state index in [1.807, 2.05) is 6.92 Å². The summed E-state index contributed by atoms with van der Waals surface area (Å²) in [5, 5.41) is 3.16. The Hall–Kier alpha value is -1.88. The van der Waals surface area contributed by atoms with Gasteiger partial charge in [-0.05, 0) is 36.7 Å². The van der Waals surface area contributed by atoms with Gasteiger partial charge in [-0.3, -0.25) is 9.97 Å². The molecule has 0 aromatic carbocycles. The molecule has 0 aliphatic carbocycles. The Bertz CT molecular complexity index is 546. The van der Waals surface area contributed by atoms with Crippen molar-refractivity contribution in [1.82, 2.24) is 15.3 Å². The topological polar surface area (TPSA) is 37.8 Å². The minimum atomic E-state index is -0.496. The first-order chi connectivity index (χ1) is 9.22. The highest BCUT2D eigenvalue weighted by Crippen LogP contribution is 2.22. The van der Waals surface area contributed by atoms with Gasteiger partial charge in [0.1, 0.15) is 11.6 Å². The molecule has 2 aromatic rings. The predicted octanol–water partition coefficient (Wildman–Crippen LogP) is 2.84. The average Bonchev–Trinajstić information content (AvgIpc) is 2.41. The molecule has 5 heteroatoms. The third-order valence-corrected chi connectivity index (χ3v) is 2.72. The second kappa shape index (κ2) is 6.33. The standard InChI is InChI=1S/C14H15F2N3/c1-2-5-18-13(10-7-11(15)9-17-8-10)14-12(16)4-3-6-19-14/h3-4,6-9,13,18H,2,5H2,1H3. The molecule has 2 rings (SSSR count). The number of rotatable bonds is 5. The Balaban J connectivity index is 2.38. The lowest BCUT2D eigenvalue weighted by Crippen LogP contribution is -2.25. The van der Waals surface area contributed by atoms with Crippen LogP contribution < -0.4 is 5.32 Å². The summed E-state index contributed by atoms with van der Waals surface area (Å²) in [7, 11) is 0. The fourth-order valence-corrected chi connectivity index (χ4v) is 1.86. The molecule has 0 bridgehead atoms. The summed E-state index contributed by atoms with van der Waals surface area (Å²) < 4.78 is 27.1. The molecule has 19 heavy (non-hydrogen) atoms. The lowest BCUT2D eigenvalue weighted by molar-refractivity contribution is 0.526. The van der Waals surface area contributed by atoms with Crippen LogP contribution in [0.2, 0.25) is 0 Å². The highest BCUT2D eigenvalue weighted by atomic mass is 19.1. The molecule has 100 valence electrons. The van der Waals surface area contributed by atoms with Gasteiger partial charge in [-0.1, -0.05) is 6.92 Å². The van der Waals surface area contributed by atoms with Gasteiger partial charge >= 0.3 is 0 Å². The first kappa shape index (κ1) is 13.5. The van der Waals surface area contributed by atoms with Gasteiger partial charge < -0.3 is 5.32 Å². The van der Waals surface area contributed by atoms with Crippen LogP contribution in [-0.2, 0) is 0 Å². The van der Waals surface area contributed by atoms with Crippen molar-refractivity contribution in [2.75, 3.05) is 6.54 Å². The van der Waals surface area contributed by atoms with E-state index >= 15 is 0 Å². The van der Waals surface area contributed by atoms with E-state index in [0.717, 1.165) is 12.6 Å². The molecule has 0 amide bonds. The van der Waals surface area contributed by atoms with Gasteiger partial charge in [-0.2, -0.15) is 0 Å². The summed E-state index contributed by atoms with van der Waals surface area (Å²) in [4.78, 5) is 7.85. The molecule has 0 spiro atoms. The maximum Gasteiger partial charge on any atom is 0.146 e. The maximum absolute atomic E-state index is 13.8. The van der Waals surface area contributed by atoms with E-state index in [2.05, 4.69) is 15.3 Å². The van der Waals surface area contributed by atoms with Crippen LogP contribution in [-0.4, -0.2) is 16.5 Å². The smallest absolute Gasteiger partial charge is 0.146 e. The van der Waals surface area contributed by atoms with E-state index in [9.17, 15) is 8.78 Å². The average molecular weight is 263 g/mol. The third-order valence-electron chi connectivity index (χ3n) is 2.72. The van der Waals surface area contributed by atoms with Crippen molar-refractivity contribution in [2.24, 2.45) is 0 Å². The van der Waals surface area contributed by atoms with E-state index < -0.39 is 17.7 Å². The molecule has 0 radical (unpaired) electrons. The van der Waals surface area contributed by atoms with Crippen molar-refractivity contribution in [3.05, 3.63) is 59.7 Å². The zero-order valence-corrected chi connectivity index (χ0v) is 10.6. The van der Waals surface area contributed by atoms with E-state index in [-0.39, 0.29) is 5.69 Å². The molecule has 0 aliphatic heterocycles. The second-order valence-corrected chi connectivity index (χ2v) is 4.19. The van der Waals surface area contributed by atoms with Crippen LogP contribution >= 0.6 is 0 Å². The number of halogens is 2. The Morgan fingerprint density at radius 3 is 2.84 bits per heavy atom. The first-order valence-electron chi connectivity index (χ1n) is 6.16. The van der Waals surface area contributed by atoms with Crippen LogP contribution in [0.3, 0.4) is 0 Å². The molecule has 3 nitrogen and oxygen atoms in total. The summed E-state index contributed by atoms with van der Waals surface area (Å²) in [6.45, 7) is 2.68. The molecular weight excluding hydrogens is 248 g/mol. The highest BCUT2D eigenvalue weighted by Gasteiger charge is 2.19. The summed E-state index contributed by atoms with van der Waals surface area (Å²) in [6.07, 6.45) is 5.04. The summed E-state index contributed by atoms with van der Waals surface area (Å²) in [6, 6.07) is 3.72. The fourth-order valence-electron chi connectivity index (χ4n) is 1.86. The number of pyridine rings is 2. The van der Waals surface area contributed by atoms with Gasteiger partial charge in [-0.25, -0.2) is 8.78 Å². The minimum absolute atomic E-state index is 0.253. The molecular formula is C14H15F2N3. The quantitative estimate of drug-likeness (QED) is 0.901. The molecule has 2 heterocycles. The number of hydrogen-bond acceptors (Lipinski definition) is 3. The molecule has 0 aliphatic rings. The highest BCUT2D eigenvalue weighted by molar-refractivity contribution is 5.26. The van der Waals surface area contributed by atoms with Gasteiger partial charge in [0.25, 0.3) is 0 Å². The van der Waals surface area contributed by atoms with E-state index in [0.29, 0.717) is 12.1 Å². The summed E-state index contributed by atoms with van der Waals surface area (Å²) >= 11 is 0. The Morgan fingerprint density at radius 1 is 1.32 bits per heavy atom. The molecule has 0 fully saturated rings. The van der Waals surface area contributed by atoms with Crippen LogP contribution in [0.25, 0.3) is 0 Å².